The SMILES string of the molecule is CCCCC(O)C(C)CC(O)CCCCOS(=O)(=O)O. The van der Waals surface area contributed by atoms with Crippen molar-refractivity contribution in [3.8, 4) is 0 Å². The van der Waals surface area contributed by atoms with Crippen LogP contribution in [-0.2, 0) is 14.6 Å². The van der Waals surface area contributed by atoms with Gasteiger partial charge in [-0.3, -0.25) is 4.55 Å². The molecule has 0 radical (unpaired) electrons. The Balaban J connectivity index is 3.69. The average Bonchev–Trinajstić information content (AvgIpc) is 2.33. The zero-order valence-corrected chi connectivity index (χ0v) is 13.2. The van der Waals surface area contributed by atoms with Gasteiger partial charge in [0.2, 0.25) is 0 Å². The minimum absolute atomic E-state index is 0.0469. The standard InChI is InChI=1S/C13H28O6S/c1-3-4-8-13(15)11(2)10-12(14)7-5-6-9-19-20(16,17)18/h11-15H,3-10H2,1-2H3,(H,16,17,18). The smallest absolute Gasteiger partial charge is 0.393 e. The second kappa shape index (κ2) is 10.5. The van der Waals surface area contributed by atoms with Crippen LogP contribution in [0, 0.1) is 5.92 Å². The number of aliphatic hydroxyl groups excluding tert-OH is 2. The Bertz CT molecular complexity index is 330. The van der Waals surface area contributed by atoms with Crippen LogP contribution >= 0.6 is 0 Å². The summed E-state index contributed by atoms with van der Waals surface area (Å²) in [5.41, 5.74) is 0. The molecule has 3 N–H and O–H groups in total. The fourth-order valence-corrected chi connectivity index (χ4v) is 2.38. The van der Waals surface area contributed by atoms with Crippen molar-refractivity contribution in [1.82, 2.24) is 0 Å². The van der Waals surface area contributed by atoms with Crippen molar-refractivity contribution >= 4 is 10.4 Å². The topological polar surface area (TPSA) is 104 Å². The summed E-state index contributed by atoms with van der Waals surface area (Å²) in [6.45, 7) is 3.91. The van der Waals surface area contributed by atoms with Gasteiger partial charge in [0.15, 0.2) is 0 Å². The lowest BCUT2D eigenvalue weighted by Crippen LogP contribution is -2.22. The van der Waals surface area contributed by atoms with Gasteiger partial charge in [0.05, 0.1) is 18.8 Å². The van der Waals surface area contributed by atoms with Crippen LogP contribution in [0.25, 0.3) is 0 Å². The molecule has 0 rings (SSSR count). The van der Waals surface area contributed by atoms with Crippen LogP contribution in [-0.4, -0.2) is 42.0 Å². The third kappa shape index (κ3) is 11.6. The lowest BCUT2D eigenvalue weighted by Gasteiger charge is -2.21. The zero-order chi connectivity index (χ0) is 15.6. The average molecular weight is 312 g/mol. The van der Waals surface area contributed by atoms with E-state index in [2.05, 4.69) is 11.1 Å². The van der Waals surface area contributed by atoms with E-state index in [4.69, 9.17) is 4.55 Å². The molecule has 20 heavy (non-hydrogen) atoms. The molecule has 0 bridgehead atoms. The van der Waals surface area contributed by atoms with Crippen LogP contribution in [0.15, 0.2) is 0 Å². The number of aliphatic hydroxyl groups is 2. The van der Waals surface area contributed by atoms with Gasteiger partial charge in [-0.2, -0.15) is 8.42 Å². The minimum Gasteiger partial charge on any atom is -0.393 e. The molecule has 0 saturated heterocycles. The van der Waals surface area contributed by atoms with Gasteiger partial charge in [0, 0.05) is 0 Å². The minimum atomic E-state index is -4.36. The lowest BCUT2D eigenvalue weighted by molar-refractivity contribution is 0.0583. The van der Waals surface area contributed by atoms with Gasteiger partial charge in [-0.1, -0.05) is 26.7 Å². The second-order valence-electron chi connectivity index (χ2n) is 5.32. The summed E-state index contributed by atoms with van der Waals surface area (Å²) in [6.07, 6.45) is 4.00. The summed E-state index contributed by atoms with van der Waals surface area (Å²) < 4.78 is 33.1. The number of rotatable bonds is 12. The molecular weight excluding hydrogens is 284 g/mol. The highest BCUT2D eigenvalue weighted by Gasteiger charge is 2.17. The molecular formula is C13H28O6S. The van der Waals surface area contributed by atoms with Crippen LogP contribution in [0.5, 0.6) is 0 Å². The van der Waals surface area contributed by atoms with E-state index in [-0.39, 0.29) is 18.6 Å². The molecule has 0 aliphatic carbocycles. The zero-order valence-electron chi connectivity index (χ0n) is 12.4. The van der Waals surface area contributed by atoms with Crippen molar-refractivity contribution in [3.63, 3.8) is 0 Å². The van der Waals surface area contributed by atoms with E-state index in [0.717, 1.165) is 19.3 Å². The highest BCUT2D eigenvalue weighted by molar-refractivity contribution is 7.80. The summed E-state index contributed by atoms with van der Waals surface area (Å²) in [5.74, 6) is 0.0469. The van der Waals surface area contributed by atoms with Crippen molar-refractivity contribution in [3.05, 3.63) is 0 Å². The van der Waals surface area contributed by atoms with Gasteiger partial charge < -0.3 is 10.2 Å². The molecule has 0 aromatic heterocycles. The molecule has 0 aliphatic heterocycles. The predicted molar refractivity (Wildman–Crippen MR) is 76.7 cm³/mol. The molecule has 0 fully saturated rings. The molecule has 0 spiro atoms. The molecule has 3 atom stereocenters. The fraction of sp³-hybridized carbons (Fsp3) is 1.00. The quantitative estimate of drug-likeness (QED) is 0.376. The van der Waals surface area contributed by atoms with Crippen LogP contribution < -0.4 is 0 Å². The van der Waals surface area contributed by atoms with Crippen LogP contribution in [0.3, 0.4) is 0 Å². The Hall–Kier alpha value is -0.210. The molecule has 0 aliphatic rings. The third-order valence-corrected chi connectivity index (χ3v) is 3.78. The molecule has 3 unspecified atom stereocenters. The van der Waals surface area contributed by atoms with E-state index in [1.807, 2.05) is 6.92 Å². The maximum Gasteiger partial charge on any atom is 0.397 e. The normalized spacial score (nSPS) is 16.9. The van der Waals surface area contributed by atoms with Crippen molar-refractivity contribution in [2.24, 2.45) is 5.92 Å². The molecule has 0 amide bonds. The largest absolute Gasteiger partial charge is 0.397 e. The Morgan fingerprint density at radius 2 is 1.75 bits per heavy atom. The number of hydrogen-bond donors (Lipinski definition) is 3. The summed E-state index contributed by atoms with van der Waals surface area (Å²) >= 11 is 0. The number of unbranched alkanes of at least 4 members (excludes halogenated alkanes) is 2. The van der Waals surface area contributed by atoms with Crippen molar-refractivity contribution in [2.45, 2.75) is 71.0 Å². The summed E-state index contributed by atoms with van der Waals surface area (Å²) in [6, 6.07) is 0. The van der Waals surface area contributed by atoms with Crippen LogP contribution in [0.1, 0.15) is 58.8 Å². The summed E-state index contributed by atoms with van der Waals surface area (Å²) in [7, 11) is -4.36. The van der Waals surface area contributed by atoms with E-state index in [9.17, 15) is 18.6 Å². The van der Waals surface area contributed by atoms with Gasteiger partial charge in [0.25, 0.3) is 0 Å². The Kier molecular flexibility index (Phi) is 10.4. The first-order chi connectivity index (χ1) is 9.26. The first-order valence-corrected chi connectivity index (χ1v) is 8.60. The van der Waals surface area contributed by atoms with Crippen LogP contribution in [0.2, 0.25) is 0 Å². The molecule has 0 aromatic carbocycles. The molecule has 7 heteroatoms. The molecule has 0 aromatic rings. The molecule has 0 saturated carbocycles. The van der Waals surface area contributed by atoms with Gasteiger partial charge >= 0.3 is 10.4 Å². The molecule has 6 nitrogen and oxygen atoms in total. The van der Waals surface area contributed by atoms with Crippen molar-refractivity contribution in [1.29, 1.82) is 0 Å². The predicted octanol–water partition coefficient (Wildman–Crippen LogP) is 1.91. The highest BCUT2D eigenvalue weighted by atomic mass is 32.3. The second-order valence-corrected chi connectivity index (χ2v) is 6.41. The van der Waals surface area contributed by atoms with E-state index in [1.54, 1.807) is 0 Å². The lowest BCUT2D eigenvalue weighted by atomic mass is 9.92. The van der Waals surface area contributed by atoms with E-state index < -0.39 is 16.5 Å². The Morgan fingerprint density at radius 1 is 1.10 bits per heavy atom. The highest BCUT2D eigenvalue weighted by Crippen LogP contribution is 2.18. The van der Waals surface area contributed by atoms with Crippen molar-refractivity contribution in [2.75, 3.05) is 6.61 Å². The molecule has 0 heterocycles. The Labute approximate surface area is 122 Å². The summed E-state index contributed by atoms with van der Waals surface area (Å²) in [4.78, 5) is 0. The third-order valence-electron chi connectivity index (χ3n) is 3.32. The van der Waals surface area contributed by atoms with Gasteiger partial charge in [0.1, 0.15) is 0 Å². The Morgan fingerprint density at radius 3 is 2.30 bits per heavy atom. The first-order valence-electron chi connectivity index (χ1n) is 7.24. The summed E-state index contributed by atoms with van der Waals surface area (Å²) in [5, 5.41) is 19.7. The first kappa shape index (κ1) is 19.8. The van der Waals surface area contributed by atoms with Crippen LogP contribution in [0.4, 0.5) is 0 Å². The van der Waals surface area contributed by atoms with E-state index in [0.29, 0.717) is 25.7 Å². The maximum atomic E-state index is 10.3. The fourth-order valence-electron chi connectivity index (χ4n) is 2.05. The van der Waals surface area contributed by atoms with Gasteiger partial charge in [-0.25, -0.2) is 4.18 Å². The molecule has 122 valence electrons. The van der Waals surface area contributed by atoms with E-state index in [1.165, 1.54) is 0 Å². The van der Waals surface area contributed by atoms with Gasteiger partial charge in [-0.05, 0) is 38.0 Å². The van der Waals surface area contributed by atoms with Crippen molar-refractivity contribution < 1.29 is 27.4 Å². The van der Waals surface area contributed by atoms with E-state index >= 15 is 0 Å². The maximum absolute atomic E-state index is 10.3. The monoisotopic (exact) mass is 312 g/mol. The number of hydrogen-bond acceptors (Lipinski definition) is 5. The van der Waals surface area contributed by atoms with Gasteiger partial charge in [-0.15, -0.1) is 0 Å².